The number of aromatic nitrogens is 5. The smallest absolute Gasteiger partial charge is 0.141 e. The van der Waals surface area contributed by atoms with E-state index in [9.17, 15) is 0 Å². The highest BCUT2D eigenvalue weighted by atomic mass is 14.9. The van der Waals surface area contributed by atoms with E-state index < -0.39 is 0 Å². The molecule has 3 heterocycles. The summed E-state index contributed by atoms with van der Waals surface area (Å²) in [6, 6.07) is 2.01. The number of hydrogen-bond donors (Lipinski definition) is 1. The Hall–Kier alpha value is -2.30. The molecule has 0 aromatic carbocycles. The molecule has 0 fully saturated rings. The number of aryl methyl sites for hydroxylation is 3. The number of nitrogens with one attached hydrogen (secondary N) is 1. The quantitative estimate of drug-likeness (QED) is 0.757. The molecule has 0 unspecified atom stereocenters. The van der Waals surface area contributed by atoms with Crippen molar-refractivity contribution in [3.63, 3.8) is 0 Å². The highest BCUT2D eigenvalue weighted by Gasteiger charge is 2.07. The van der Waals surface area contributed by atoms with Crippen LogP contribution in [0.3, 0.4) is 0 Å². The summed E-state index contributed by atoms with van der Waals surface area (Å²) in [5, 5.41) is 1.09. The van der Waals surface area contributed by atoms with Gasteiger partial charge in [-0.1, -0.05) is 0 Å². The molecular formula is C13H13N5. The zero-order chi connectivity index (χ0) is 12.4. The van der Waals surface area contributed by atoms with E-state index in [-0.39, 0.29) is 0 Å². The predicted molar refractivity (Wildman–Crippen MR) is 68.1 cm³/mol. The fraction of sp³-hybridized carbons (Fsp3) is 0.231. The van der Waals surface area contributed by atoms with Gasteiger partial charge in [-0.2, -0.15) is 0 Å². The Labute approximate surface area is 104 Å². The molecule has 0 spiro atoms. The van der Waals surface area contributed by atoms with Crippen LogP contribution in [0.5, 0.6) is 0 Å². The van der Waals surface area contributed by atoms with Crippen LogP contribution in [-0.2, 0) is 12.8 Å². The number of fused-ring (bicyclic) bond motifs is 1. The van der Waals surface area contributed by atoms with Gasteiger partial charge in [-0.25, -0.2) is 9.97 Å². The average Bonchev–Trinajstić information content (AvgIpc) is 2.85. The molecule has 0 radical (unpaired) electrons. The normalized spacial score (nSPS) is 10.9. The molecule has 0 saturated heterocycles. The van der Waals surface area contributed by atoms with E-state index >= 15 is 0 Å². The van der Waals surface area contributed by atoms with Gasteiger partial charge in [0.1, 0.15) is 11.5 Å². The third-order valence-corrected chi connectivity index (χ3v) is 2.84. The Morgan fingerprint density at radius 1 is 1.17 bits per heavy atom. The lowest BCUT2D eigenvalue weighted by atomic mass is 10.1. The van der Waals surface area contributed by atoms with Gasteiger partial charge in [0.25, 0.3) is 0 Å². The van der Waals surface area contributed by atoms with Gasteiger partial charge < -0.3 is 4.98 Å². The molecular weight excluding hydrogens is 226 g/mol. The fourth-order valence-electron chi connectivity index (χ4n) is 2.02. The number of H-pyrrole nitrogens is 1. The summed E-state index contributed by atoms with van der Waals surface area (Å²) in [6.45, 7) is 1.91. The standard InChI is InChI=1S/C13H13N5/c1-9-17-12(11-4-5-16-13(11)18-9)3-2-10-8-14-6-7-15-10/h4-8H,2-3H2,1H3,(H,16,17,18). The first kappa shape index (κ1) is 10.8. The number of hydrogen-bond acceptors (Lipinski definition) is 4. The highest BCUT2D eigenvalue weighted by molar-refractivity contribution is 5.77. The van der Waals surface area contributed by atoms with E-state index in [0.717, 1.165) is 41.1 Å². The van der Waals surface area contributed by atoms with E-state index in [4.69, 9.17) is 0 Å². The number of rotatable bonds is 3. The summed E-state index contributed by atoms with van der Waals surface area (Å²) in [4.78, 5) is 20.3. The topological polar surface area (TPSA) is 67.3 Å². The number of nitrogens with zero attached hydrogens (tertiary/aromatic N) is 4. The van der Waals surface area contributed by atoms with Crippen LogP contribution >= 0.6 is 0 Å². The molecule has 5 nitrogen and oxygen atoms in total. The van der Waals surface area contributed by atoms with Crippen molar-refractivity contribution in [2.45, 2.75) is 19.8 Å². The molecule has 0 amide bonds. The van der Waals surface area contributed by atoms with Crippen LogP contribution in [0, 0.1) is 6.92 Å². The van der Waals surface area contributed by atoms with E-state index in [1.807, 2.05) is 19.2 Å². The van der Waals surface area contributed by atoms with Gasteiger partial charge in [-0.05, 0) is 25.8 Å². The molecule has 3 aromatic heterocycles. The summed E-state index contributed by atoms with van der Waals surface area (Å²) < 4.78 is 0. The molecule has 90 valence electrons. The van der Waals surface area contributed by atoms with Crippen molar-refractivity contribution in [1.29, 1.82) is 0 Å². The summed E-state index contributed by atoms with van der Waals surface area (Å²) in [7, 11) is 0. The minimum absolute atomic E-state index is 0.791. The largest absolute Gasteiger partial charge is 0.346 e. The van der Waals surface area contributed by atoms with Gasteiger partial charge in [0.15, 0.2) is 0 Å². The fourth-order valence-corrected chi connectivity index (χ4v) is 2.02. The van der Waals surface area contributed by atoms with E-state index in [2.05, 4.69) is 24.9 Å². The first-order valence-corrected chi connectivity index (χ1v) is 5.88. The van der Waals surface area contributed by atoms with Crippen molar-refractivity contribution >= 4 is 11.0 Å². The summed E-state index contributed by atoms with van der Waals surface area (Å²) in [5.41, 5.74) is 2.94. The van der Waals surface area contributed by atoms with Crippen LogP contribution in [-0.4, -0.2) is 24.9 Å². The molecule has 0 atom stereocenters. The van der Waals surface area contributed by atoms with Gasteiger partial charge in [0, 0.05) is 30.2 Å². The molecule has 1 N–H and O–H groups in total. The Kier molecular flexibility index (Phi) is 2.72. The zero-order valence-electron chi connectivity index (χ0n) is 10.1. The second kappa shape index (κ2) is 4.52. The van der Waals surface area contributed by atoms with Crippen molar-refractivity contribution in [2.24, 2.45) is 0 Å². The molecule has 0 aliphatic rings. The summed E-state index contributed by atoms with van der Waals surface area (Å²) >= 11 is 0. The average molecular weight is 239 g/mol. The highest BCUT2D eigenvalue weighted by Crippen LogP contribution is 2.15. The van der Waals surface area contributed by atoms with Crippen LogP contribution in [0.4, 0.5) is 0 Å². The monoisotopic (exact) mass is 239 g/mol. The maximum atomic E-state index is 4.51. The van der Waals surface area contributed by atoms with Crippen molar-refractivity contribution < 1.29 is 0 Å². The van der Waals surface area contributed by atoms with Crippen LogP contribution in [0.25, 0.3) is 11.0 Å². The zero-order valence-corrected chi connectivity index (χ0v) is 10.1. The molecule has 0 saturated carbocycles. The first-order chi connectivity index (χ1) is 8.83. The van der Waals surface area contributed by atoms with Gasteiger partial charge in [0.05, 0.1) is 11.4 Å². The van der Waals surface area contributed by atoms with Gasteiger partial charge in [-0.3, -0.25) is 9.97 Å². The SMILES string of the molecule is Cc1nc(CCc2cnccn2)c2cc[nH]c2n1. The van der Waals surface area contributed by atoms with Crippen LogP contribution in [0.1, 0.15) is 17.2 Å². The molecule has 5 heteroatoms. The maximum absolute atomic E-state index is 4.51. The molecule has 0 aliphatic carbocycles. The Balaban J connectivity index is 1.88. The first-order valence-electron chi connectivity index (χ1n) is 5.88. The van der Waals surface area contributed by atoms with Crippen molar-refractivity contribution in [3.8, 4) is 0 Å². The lowest BCUT2D eigenvalue weighted by Crippen LogP contribution is -2.00. The molecule has 0 aliphatic heterocycles. The van der Waals surface area contributed by atoms with Gasteiger partial charge in [-0.15, -0.1) is 0 Å². The van der Waals surface area contributed by atoms with Crippen molar-refractivity contribution in [1.82, 2.24) is 24.9 Å². The molecule has 3 rings (SSSR count). The number of aromatic amines is 1. The van der Waals surface area contributed by atoms with Gasteiger partial charge in [0.2, 0.25) is 0 Å². The van der Waals surface area contributed by atoms with Crippen molar-refractivity contribution in [3.05, 3.63) is 48.1 Å². The molecule has 3 aromatic rings. The Bertz CT molecular complexity index is 659. The minimum atomic E-state index is 0.791. The van der Waals surface area contributed by atoms with Crippen LogP contribution in [0.2, 0.25) is 0 Å². The second-order valence-corrected chi connectivity index (χ2v) is 4.15. The second-order valence-electron chi connectivity index (χ2n) is 4.15. The lowest BCUT2D eigenvalue weighted by Gasteiger charge is -2.03. The van der Waals surface area contributed by atoms with E-state index in [0.29, 0.717) is 0 Å². The van der Waals surface area contributed by atoms with Gasteiger partial charge >= 0.3 is 0 Å². The van der Waals surface area contributed by atoms with E-state index in [1.165, 1.54) is 0 Å². The minimum Gasteiger partial charge on any atom is -0.346 e. The predicted octanol–water partition coefficient (Wildman–Crippen LogP) is 1.84. The summed E-state index contributed by atoms with van der Waals surface area (Å²) in [6.07, 6.45) is 8.77. The Morgan fingerprint density at radius 2 is 2.11 bits per heavy atom. The lowest BCUT2D eigenvalue weighted by molar-refractivity contribution is 0.862. The summed E-state index contributed by atoms with van der Waals surface area (Å²) in [5.74, 6) is 0.791. The molecule has 0 bridgehead atoms. The molecule has 18 heavy (non-hydrogen) atoms. The van der Waals surface area contributed by atoms with Crippen molar-refractivity contribution in [2.75, 3.05) is 0 Å². The third-order valence-electron chi connectivity index (χ3n) is 2.84. The maximum Gasteiger partial charge on any atom is 0.141 e. The third kappa shape index (κ3) is 2.07. The van der Waals surface area contributed by atoms with E-state index in [1.54, 1.807) is 18.6 Å². The van der Waals surface area contributed by atoms with Crippen LogP contribution < -0.4 is 0 Å². The Morgan fingerprint density at radius 3 is 2.94 bits per heavy atom. The van der Waals surface area contributed by atoms with Crippen LogP contribution in [0.15, 0.2) is 30.9 Å².